The predicted octanol–water partition coefficient (Wildman–Crippen LogP) is 6.46. The molecule has 12 heteroatoms. The molecule has 1 saturated heterocycles. The Kier molecular flexibility index (Phi) is 7.48. The van der Waals surface area contributed by atoms with Gasteiger partial charge in [0, 0.05) is 19.0 Å². The first-order valence-corrected chi connectivity index (χ1v) is 13.2. The van der Waals surface area contributed by atoms with Gasteiger partial charge in [0.25, 0.3) is 11.8 Å². The van der Waals surface area contributed by atoms with Crippen LogP contribution in [0.4, 0.5) is 11.4 Å². The van der Waals surface area contributed by atoms with E-state index in [2.05, 4.69) is 0 Å². The summed E-state index contributed by atoms with van der Waals surface area (Å²) in [6.45, 7) is 2.37. The summed E-state index contributed by atoms with van der Waals surface area (Å²) in [7, 11) is 0. The van der Waals surface area contributed by atoms with Crippen LogP contribution in [0, 0.1) is 5.92 Å². The molecule has 200 valence electrons. The minimum atomic E-state index is -0.756. The van der Waals surface area contributed by atoms with Crippen LogP contribution >= 0.6 is 46.4 Å². The first kappa shape index (κ1) is 27.3. The molecule has 0 bridgehead atoms. The van der Waals surface area contributed by atoms with Gasteiger partial charge in [-0.2, -0.15) is 0 Å². The van der Waals surface area contributed by atoms with Crippen LogP contribution in [0.1, 0.15) is 34.1 Å². The van der Waals surface area contributed by atoms with E-state index in [1.165, 1.54) is 29.2 Å². The topological polar surface area (TPSA) is 93.2 Å². The van der Waals surface area contributed by atoms with Crippen LogP contribution < -0.4 is 19.3 Å². The summed E-state index contributed by atoms with van der Waals surface area (Å²) < 4.78 is 11.2. The number of ether oxygens (including phenoxy) is 2. The lowest BCUT2D eigenvalue weighted by Crippen LogP contribution is -2.29. The minimum absolute atomic E-state index is 0.0457. The summed E-state index contributed by atoms with van der Waals surface area (Å²) in [6, 6.07) is 12.9. The molecule has 0 radical (unpaired) electrons. The Bertz CT molecular complexity index is 1510. The number of anilines is 2. The lowest BCUT2D eigenvalue weighted by molar-refractivity contribution is -0.139. The number of amides is 3. The highest BCUT2D eigenvalue weighted by molar-refractivity contribution is 6.56. The molecule has 1 atom stereocenters. The lowest BCUT2D eigenvalue weighted by atomic mass is 10.1. The van der Waals surface area contributed by atoms with Crippen molar-refractivity contribution >= 4 is 81.5 Å². The van der Waals surface area contributed by atoms with Crippen LogP contribution in [0.15, 0.2) is 48.5 Å². The average molecular weight is 608 g/mol. The highest BCUT2D eigenvalue weighted by Crippen LogP contribution is 2.46. The largest absolute Gasteiger partial charge is 0.492 e. The molecule has 3 aromatic carbocycles. The van der Waals surface area contributed by atoms with Crippen LogP contribution in [0.2, 0.25) is 20.1 Å². The van der Waals surface area contributed by atoms with E-state index in [0.717, 1.165) is 4.90 Å². The summed E-state index contributed by atoms with van der Waals surface area (Å²) in [6.07, 6.45) is -0.0457. The predicted molar refractivity (Wildman–Crippen MR) is 148 cm³/mol. The maximum absolute atomic E-state index is 13.2. The van der Waals surface area contributed by atoms with E-state index in [9.17, 15) is 19.2 Å². The summed E-state index contributed by atoms with van der Waals surface area (Å²) in [5, 5.41) is -0.662. The Balaban J connectivity index is 1.36. The van der Waals surface area contributed by atoms with Crippen LogP contribution in [0.5, 0.6) is 11.5 Å². The number of carbonyl (C=O) groups excluding carboxylic acids is 4. The van der Waals surface area contributed by atoms with Gasteiger partial charge in [0.2, 0.25) is 5.91 Å². The highest BCUT2D eigenvalue weighted by atomic mass is 35.5. The first-order valence-electron chi connectivity index (χ1n) is 11.7. The molecule has 2 aliphatic rings. The van der Waals surface area contributed by atoms with Crippen LogP contribution in [0.3, 0.4) is 0 Å². The monoisotopic (exact) mass is 606 g/mol. The minimum Gasteiger partial charge on any atom is -0.492 e. The molecule has 1 fully saturated rings. The summed E-state index contributed by atoms with van der Waals surface area (Å²) in [5.74, 6) is -2.51. The van der Waals surface area contributed by atoms with Gasteiger partial charge >= 0.3 is 5.97 Å². The van der Waals surface area contributed by atoms with E-state index >= 15 is 0 Å². The molecule has 3 aromatic rings. The zero-order valence-electron chi connectivity index (χ0n) is 20.2. The second-order valence-corrected chi connectivity index (χ2v) is 10.2. The van der Waals surface area contributed by atoms with Crippen molar-refractivity contribution in [2.24, 2.45) is 5.92 Å². The van der Waals surface area contributed by atoms with Gasteiger partial charge in [0.05, 0.1) is 55.1 Å². The van der Waals surface area contributed by atoms with Gasteiger partial charge < -0.3 is 14.4 Å². The maximum Gasteiger partial charge on any atom is 0.316 e. The average Bonchev–Trinajstić information content (AvgIpc) is 3.43. The van der Waals surface area contributed by atoms with Gasteiger partial charge in [-0.1, -0.05) is 64.6 Å². The van der Waals surface area contributed by atoms with Gasteiger partial charge in [-0.15, -0.1) is 0 Å². The third kappa shape index (κ3) is 4.72. The van der Waals surface area contributed by atoms with Gasteiger partial charge in [0.15, 0.2) is 0 Å². The van der Waals surface area contributed by atoms with Crippen molar-refractivity contribution in [2.45, 2.75) is 13.3 Å². The van der Waals surface area contributed by atoms with Crippen molar-refractivity contribution in [1.29, 1.82) is 0 Å². The second kappa shape index (κ2) is 10.7. The maximum atomic E-state index is 13.2. The zero-order chi connectivity index (χ0) is 28.0. The molecule has 8 nitrogen and oxygen atoms in total. The van der Waals surface area contributed by atoms with Gasteiger partial charge in [0.1, 0.15) is 11.5 Å². The van der Waals surface area contributed by atoms with Gasteiger partial charge in [-0.3, -0.25) is 19.2 Å². The molecule has 2 aliphatic heterocycles. The molecule has 0 N–H and O–H groups in total. The van der Waals surface area contributed by atoms with E-state index < -0.39 is 23.7 Å². The van der Waals surface area contributed by atoms with Crippen LogP contribution in [-0.2, 0) is 9.59 Å². The quantitative estimate of drug-likeness (QED) is 0.105. The van der Waals surface area contributed by atoms with Crippen molar-refractivity contribution in [1.82, 2.24) is 0 Å². The van der Waals surface area contributed by atoms with Gasteiger partial charge in [-0.25, -0.2) is 4.90 Å². The Hall–Kier alpha value is -3.30. The van der Waals surface area contributed by atoms with Crippen LogP contribution in [-0.4, -0.2) is 36.8 Å². The standard InChI is InChI=1S/C27H18Cl4N2O6/c1-2-38-17-9-4-3-8-16(17)32-12-13(10-18(32)34)27(37)39-15-7-5-6-14(11-15)33-25(35)19-20(26(33)36)22(29)24(31)23(30)21(19)28/h3-9,11,13H,2,10,12H2,1H3/t13-/m1/s1. The molecule has 39 heavy (non-hydrogen) atoms. The molecular weight excluding hydrogens is 590 g/mol. The molecule has 0 aromatic heterocycles. The number of para-hydroxylation sites is 2. The molecular formula is C27H18Cl4N2O6. The summed E-state index contributed by atoms with van der Waals surface area (Å²) >= 11 is 24.6. The fourth-order valence-electron chi connectivity index (χ4n) is 4.53. The number of benzene rings is 3. The lowest BCUT2D eigenvalue weighted by Gasteiger charge is -2.20. The Morgan fingerprint density at radius 1 is 0.897 bits per heavy atom. The Morgan fingerprint density at radius 2 is 1.54 bits per heavy atom. The number of carbonyl (C=O) groups is 4. The first-order chi connectivity index (χ1) is 18.6. The molecule has 0 spiro atoms. The van der Waals surface area contributed by atoms with Crippen molar-refractivity contribution in [3.8, 4) is 11.5 Å². The molecule has 0 aliphatic carbocycles. The third-order valence-electron chi connectivity index (χ3n) is 6.31. The van der Waals surface area contributed by atoms with E-state index in [0.29, 0.717) is 18.0 Å². The van der Waals surface area contributed by atoms with E-state index in [1.807, 2.05) is 6.92 Å². The Morgan fingerprint density at radius 3 is 2.18 bits per heavy atom. The van der Waals surface area contributed by atoms with Crippen molar-refractivity contribution < 1.29 is 28.7 Å². The number of hydrogen-bond donors (Lipinski definition) is 0. The molecule has 0 saturated carbocycles. The van der Waals surface area contributed by atoms with Crippen molar-refractivity contribution in [3.63, 3.8) is 0 Å². The normalized spacial score (nSPS) is 16.6. The number of halogens is 4. The van der Waals surface area contributed by atoms with E-state index in [1.54, 1.807) is 24.3 Å². The van der Waals surface area contributed by atoms with E-state index in [4.69, 9.17) is 55.9 Å². The number of hydrogen-bond acceptors (Lipinski definition) is 6. The number of rotatable bonds is 6. The SMILES string of the molecule is CCOc1ccccc1N1C[C@H](C(=O)Oc2cccc(N3C(=O)c4c(Cl)c(Cl)c(Cl)c(Cl)c4C3=O)c2)CC1=O. The molecule has 3 amide bonds. The number of imide groups is 1. The van der Waals surface area contributed by atoms with Gasteiger partial charge in [-0.05, 0) is 31.2 Å². The third-order valence-corrected chi connectivity index (χ3v) is 8.11. The van der Waals surface area contributed by atoms with E-state index in [-0.39, 0.29) is 61.5 Å². The molecule has 0 unspecified atom stereocenters. The molecule has 2 heterocycles. The number of esters is 1. The second-order valence-electron chi connectivity index (χ2n) is 8.68. The molecule has 5 rings (SSSR count). The number of fused-ring (bicyclic) bond motifs is 1. The summed E-state index contributed by atoms with van der Waals surface area (Å²) in [5.41, 5.74) is 0.353. The Labute approximate surface area is 242 Å². The summed E-state index contributed by atoms with van der Waals surface area (Å²) in [4.78, 5) is 54.4. The van der Waals surface area contributed by atoms with Crippen molar-refractivity contribution in [2.75, 3.05) is 23.0 Å². The van der Waals surface area contributed by atoms with Crippen LogP contribution in [0.25, 0.3) is 0 Å². The smallest absolute Gasteiger partial charge is 0.316 e. The fraction of sp³-hybridized carbons (Fsp3) is 0.185. The zero-order valence-corrected chi connectivity index (χ0v) is 23.2. The number of nitrogens with zero attached hydrogens (tertiary/aromatic N) is 2. The highest BCUT2D eigenvalue weighted by Gasteiger charge is 2.43. The van der Waals surface area contributed by atoms with Crippen molar-refractivity contribution in [3.05, 3.63) is 79.7 Å². The fourth-order valence-corrected chi connectivity index (χ4v) is 5.54.